The molecule has 0 bridgehead atoms. The Morgan fingerprint density at radius 1 is 1.33 bits per heavy atom. The van der Waals surface area contributed by atoms with Gasteiger partial charge in [0.15, 0.2) is 11.6 Å². The third-order valence-corrected chi connectivity index (χ3v) is 1.31. The average molecular weight is 166 g/mol. The molecule has 0 N–H and O–H groups in total. The molecular formula is C9H4F2O. The Balaban J connectivity index is 3.15. The molecule has 0 fully saturated rings. The Bertz CT molecular complexity index is 363. The Morgan fingerprint density at radius 3 is 2.50 bits per heavy atom. The number of rotatable bonds is 1. The van der Waals surface area contributed by atoms with Crippen molar-refractivity contribution in [2.24, 2.45) is 0 Å². The van der Waals surface area contributed by atoms with Crippen LogP contribution in [-0.2, 0) is 0 Å². The van der Waals surface area contributed by atoms with Gasteiger partial charge in [0.05, 0.1) is 0 Å². The zero-order chi connectivity index (χ0) is 9.14. The minimum atomic E-state index is -1.07. The van der Waals surface area contributed by atoms with E-state index in [0.717, 1.165) is 18.2 Å². The molecule has 1 rings (SSSR count). The zero-order valence-electron chi connectivity index (χ0n) is 5.97. The summed E-state index contributed by atoms with van der Waals surface area (Å²) in [5.74, 6) is -0.928. The second-order valence-corrected chi connectivity index (χ2v) is 2.10. The first-order valence-electron chi connectivity index (χ1n) is 3.11. The Hall–Kier alpha value is -1.69. The molecule has 0 radical (unpaired) electrons. The van der Waals surface area contributed by atoms with E-state index in [1.165, 1.54) is 0 Å². The standard InChI is InChI=1S/C9H4F2O/c1-2-9(12)6-3-4-7(10)8(11)5-6/h1,3-5H. The molecule has 0 aliphatic rings. The second-order valence-electron chi connectivity index (χ2n) is 2.10. The van der Waals surface area contributed by atoms with E-state index in [9.17, 15) is 13.6 Å². The van der Waals surface area contributed by atoms with E-state index in [0.29, 0.717) is 0 Å². The van der Waals surface area contributed by atoms with Crippen LogP contribution in [0.2, 0.25) is 0 Å². The number of carbonyl (C=O) groups excluding carboxylic acids is 1. The highest BCUT2D eigenvalue weighted by molar-refractivity contribution is 6.08. The number of Topliss-reactive ketones (excluding diaryl/α,β-unsaturated/α-hetero) is 1. The molecule has 0 aliphatic heterocycles. The number of halogens is 2. The number of hydrogen-bond acceptors (Lipinski definition) is 1. The summed E-state index contributed by atoms with van der Waals surface area (Å²) in [6.07, 6.45) is 4.78. The number of terminal acetylenes is 1. The molecule has 0 spiro atoms. The molecular weight excluding hydrogens is 162 g/mol. The van der Waals surface area contributed by atoms with E-state index in [2.05, 4.69) is 0 Å². The summed E-state index contributed by atoms with van der Waals surface area (Å²) < 4.78 is 24.8. The Labute approximate surface area is 68.0 Å². The maximum absolute atomic E-state index is 12.5. The molecule has 0 aromatic heterocycles. The fourth-order valence-corrected chi connectivity index (χ4v) is 0.721. The van der Waals surface area contributed by atoms with Crippen molar-refractivity contribution in [3.63, 3.8) is 0 Å². The van der Waals surface area contributed by atoms with Crippen LogP contribution in [0.15, 0.2) is 18.2 Å². The smallest absolute Gasteiger partial charge is 0.235 e. The van der Waals surface area contributed by atoms with Crippen LogP contribution in [0.1, 0.15) is 10.4 Å². The topological polar surface area (TPSA) is 17.1 Å². The Morgan fingerprint density at radius 2 is 2.00 bits per heavy atom. The van der Waals surface area contributed by atoms with E-state index >= 15 is 0 Å². The van der Waals surface area contributed by atoms with Gasteiger partial charge in [0, 0.05) is 5.56 Å². The monoisotopic (exact) mass is 166 g/mol. The molecule has 60 valence electrons. The summed E-state index contributed by atoms with van der Waals surface area (Å²) in [5, 5.41) is 0. The lowest BCUT2D eigenvalue weighted by molar-refractivity contribution is 0.105. The largest absolute Gasteiger partial charge is 0.279 e. The lowest BCUT2D eigenvalue weighted by Gasteiger charge is -1.94. The van der Waals surface area contributed by atoms with Crippen LogP contribution in [-0.4, -0.2) is 5.78 Å². The highest BCUT2D eigenvalue weighted by Gasteiger charge is 2.06. The van der Waals surface area contributed by atoms with Gasteiger partial charge in [-0.3, -0.25) is 4.79 Å². The SMILES string of the molecule is C#CC(=O)c1ccc(F)c(F)c1. The summed E-state index contributed by atoms with van der Waals surface area (Å²) in [6.45, 7) is 0. The van der Waals surface area contributed by atoms with Crippen LogP contribution in [0.5, 0.6) is 0 Å². The molecule has 0 saturated carbocycles. The van der Waals surface area contributed by atoms with Gasteiger partial charge in [-0.25, -0.2) is 8.78 Å². The number of benzene rings is 1. The summed E-state index contributed by atoms with van der Waals surface area (Å²) in [7, 11) is 0. The first kappa shape index (κ1) is 8.41. The predicted octanol–water partition coefficient (Wildman–Crippen LogP) is 1.78. The quantitative estimate of drug-likeness (QED) is 0.353. The minimum absolute atomic E-state index is 0.0172. The molecule has 0 heterocycles. The first-order chi connectivity index (χ1) is 5.65. The molecule has 1 aromatic rings. The number of ketones is 1. The summed E-state index contributed by atoms with van der Waals surface area (Å²) >= 11 is 0. The van der Waals surface area contributed by atoms with Crippen molar-refractivity contribution in [2.45, 2.75) is 0 Å². The lowest BCUT2D eigenvalue weighted by Crippen LogP contribution is -1.96. The van der Waals surface area contributed by atoms with Gasteiger partial charge < -0.3 is 0 Å². The second kappa shape index (κ2) is 3.14. The van der Waals surface area contributed by atoms with Crippen molar-refractivity contribution in [1.29, 1.82) is 0 Å². The highest BCUT2D eigenvalue weighted by atomic mass is 19.2. The van der Waals surface area contributed by atoms with Crippen LogP contribution in [0, 0.1) is 24.0 Å². The maximum Gasteiger partial charge on any atom is 0.235 e. The van der Waals surface area contributed by atoms with Crippen LogP contribution in [0.25, 0.3) is 0 Å². The molecule has 12 heavy (non-hydrogen) atoms. The summed E-state index contributed by atoms with van der Waals surface area (Å²) in [4.78, 5) is 10.8. The average Bonchev–Trinajstić information content (AvgIpc) is 2.08. The van der Waals surface area contributed by atoms with Crippen molar-refractivity contribution in [3.8, 4) is 12.3 Å². The van der Waals surface area contributed by atoms with Gasteiger partial charge in [0.1, 0.15) is 0 Å². The summed E-state index contributed by atoms with van der Waals surface area (Å²) in [5.41, 5.74) is -0.0172. The molecule has 0 aliphatic carbocycles. The Kier molecular flexibility index (Phi) is 2.20. The van der Waals surface area contributed by atoms with Gasteiger partial charge >= 0.3 is 0 Å². The van der Waals surface area contributed by atoms with Crippen LogP contribution in [0.4, 0.5) is 8.78 Å². The van der Waals surface area contributed by atoms with Crippen molar-refractivity contribution >= 4 is 5.78 Å². The highest BCUT2D eigenvalue weighted by Crippen LogP contribution is 2.08. The third-order valence-electron chi connectivity index (χ3n) is 1.31. The first-order valence-corrected chi connectivity index (χ1v) is 3.11. The molecule has 0 unspecified atom stereocenters. The van der Waals surface area contributed by atoms with E-state index in [1.54, 1.807) is 5.92 Å². The van der Waals surface area contributed by atoms with Gasteiger partial charge in [-0.05, 0) is 24.1 Å². The van der Waals surface area contributed by atoms with Crippen molar-refractivity contribution < 1.29 is 13.6 Å². The van der Waals surface area contributed by atoms with E-state index in [-0.39, 0.29) is 5.56 Å². The zero-order valence-corrected chi connectivity index (χ0v) is 5.97. The molecule has 1 nitrogen and oxygen atoms in total. The van der Waals surface area contributed by atoms with Crippen molar-refractivity contribution in [3.05, 3.63) is 35.4 Å². The predicted molar refractivity (Wildman–Crippen MR) is 39.5 cm³/mol. The van der Waals surface area contributed by atoms with E-state index in [4.69, 9.17) is 6.42 Å². The molecule has 3 heteroatoms. The van der Waals surface area contributed by atoms with Crippen molar-refractivity contribution in [2.75, 3.05) is 0 Å². The molecule has 0 saturated heterocycles. The van der Waals surface area contributed by atoms with Crippen LogP contribution >= 0.6 is 0 Å². The third kappa shape index (κ3) is 1.48. The van der Waals surface area contributed by atoms with Gasteiger partial charge in [-0.2, -0.15) is 0 Å². The molecule has 0 amide bonds. The maximum atomic E-state index is 12.5. The van der Waals surface area contributed by atoms with Crippen molar-refractivity contribution in [1.82, 2.24) is 0 Å². The summed E-state index contributed by atoms with van der Waals surface area (Å²) in [6, 6.07) is 2.78. The van der Waals surface area contributed by atoms with Gasteiger partial charge in [-0.15, -0.1) is 6.42 Å². The van der Waals surface area contributed by atoms with Crippen LogP contribution in [0.3, 0.4) is 0 Å². The molecule has 1 aromatic carbocycles. The van der Waals surface area contributed by atoms with E-state index in [1.807, 2.05) is 0 Å². The van der Waals surface area contributed by atoms with Gasteiger partial charge in [-0.1, -0.05) is 0 Å². The fraction of sp³-hybridized carbons (Fsp3) is 0. The normalized spacial score (nSPS) is 9.08. The fourth-order valence-electron chi connectivity index (χ4n) is 0.721. The number of carbonyl (C=O) groups is 1. The minimum Gasteiger partial charge on any atom is -0.279 e. The molecule has 0 atom stereocenters. The lowest BCUT2D eigenvalue weighted by atomic mass is 10.1. The number of hydrogen-bond donors (Lipinski definition) is 0. The van der Waals surface area contributed by atoms with E-state index < -0.39 is 17.4 Å². The van der Waals surface area contributed by atoms with Crippen LogP contribution < -0.4 is 0 Å². The van der Waals surface area contributed by atoms with Gasteiger partial charge in [0.25, 0.3) is 0 Å². The van der Waals surface area contributed by atoms with Gasteiger partial charge in [0.2, 0.25) is 5.78 Å².